The quantitative estimate of drug-likeness (QED) is 0.129. The molecule has 0 saturated carbocycles. The smallest absolute Gasteiger partial charge is 0.297 e. The number of thioether (sulfide) groups is 1. The van der Waals surface area contributed by atoms with E-state index in [1.54, 1.807) is 23.1 Å². The van der Waals surface area contributed by atoms with Crippen LogP contribution in [0, 0.1) is 20.8 Å². The van der Waals surface area contributed by atoms with Gasteiger partial charge in [-0.15, -0.1) is 10.2 Å². The molecule has 1 unspecified atom stereocenters. The number of carbonyl (C=O) groups is 2. The highest BCUT2D eigenvalue weighted by molar-refractivity contribution is 8.00. The van der Waals surface area contributed by atoms with Crippen molar-refractivity contribution in [1.82, 2.24) is 10.2 Å². The summed E-state index contributed by atoms with van der Waals surface area (Å²) in [7, 11) is 0. The van der Waals surface area contributed by atoms with E-state index in [-0.39, 0.29) is 28.6 Å². The second-order valence-corrected chi connectivity index (χ2v) is 14.6. The van der Waals surface area contributed by atoms with Gasteiger partial charge in [-0.1, -0.05) is 89.3 Å². The molecule has 2 aliphatic heterocycles. The average molecular weight is 691 g/mol. The minimum Gasteiger partial charge on any atom is -0.450 e. The van der Waals surface area contributed by atoms with E-state index in [1.165, 1.54) is 28.0 Å². The number of benzene rings is 4. The van der Waals surface area contributed by atoms with Crippen molar-refractivity contribution in [2.24, 2.45) is 0 Å². The average Bonchev–Trinajstić information content (AvgIpc) is 3.71. The lowest BCUT2D eigenvalue weighted by Gasteiger charge is -2.32. The maximum Gasteiger partial charge on any atom is 0.297 e. The van der Waals surface area contributed by atoms with Gasteiger partial charge in [0.1, 0.15) is 5.58 Å². The van der Waals surface area contributed by atoms with Crippen LogP contribution in [-0.4, -0.2) is 22.0 Å². The predicted octanol–water partition coefficient (Wildman–Crippen LogP) is 7.97. The number of nitrogens with zero attached hydrogens (tertiary/aromatic N) is 4. The zero-order chi connectivity index (χ0) is 33.3. The Morgan fingerprint density at radius 2 is 1.65 bits per heavy atom. The summed E-state index contributed by atoms with van der Waals surface area (Å²) in [4.78, 5) is 47.6. The van der Waals surface area contributed by atoms with Gasteiger partial charge >= 0.3 is 0 Å². The number of anilines is 2. The SMILES string of the molecule is Cc1cc2oc3c(c(=O)c2cc1C)C1(C(=O)N(Cc2ccccc2C)c2ccccc21)N(c1nnc(SCc2cccc(Cl)c2)s1)C3=O. The number of hydrogen-bond acceptors (Lipinski definition) is 8. The monoisotopic (exact) mass is 690 g/mol. The van der Waals surface area contributed by atoms with Crippen LogP contribution in [0.15, 0.2) is 98.5 Å². The lowest BCUT2D eigenvalue weighted by Crippen LogP contribution is -2.53. The van der Waals surface area contributed by atoms with E-state index in [2.05, 4.69) is 10.2 Å². The highest BCUT2D eigenvalue weighted by atomic mass is 35.5. The summed E-state index contributed by atoms with van der Waals surface area (Å²) in [5.41, 5.74) is 3.91. The van der Waals surface area contributed by atoms with E-state index in [0.29, 0.717) is 31.8 Å². The summed E-state index contributed by atoms with van der Waals surface area (Å²) in [6, 6.07) is 26.3. The van der Waals surface area contributed by atoms with E-state index >= 15 is 4.79 Å². The van der Waals surface area contributed by atoms with Gasteiger partial charge in [-0.25, -0.2) is 0 Å². The molecule has 8 rings (SSSR count). The molecule has 48 heavy (non-hydrogen) atoms. The minimum atomic E-state index is -1.85. The Kier molecular flexibility index (Phi) is 7.28. The minimum absolute atomic E-state index is 0.00341. The van der Waals surface area contributed by atoms with Gasteiger partial charge in [0.05, 0.1) is 23.2 Å². The predicted molar refractivity (Wildman–Crippen MR) is 189 cm³/mol. The van der Waals surface area contributed by atoms with E-state index in [9.17, 15) is 9.59 Å². The Bertz CT molecular complexity index is 2390. The van der Waals surface area contributed by atoms with Crippen LogP contribution in [0.1, 0.15) is 49.5 Å². The van der Waals surface area contributed by atoms with E-state index in [0.717, 1.165) is 27.8 Å². The molecule has 238 valence electrons. The number of halogens is 1. The summed E-state index contributed by atoms with van der Waals surface area (Å²) in [6.45, 7) is 6.07. The molecule has 2 aliphatic rings. The molecule has 2 amide bonds. The first-order valence-corrected chi connectivity index (χ1v) is 17.5. The molecule has 0 fully saturated rings. The van der Waals surface area contributed by atoms with Crippen LogP contribution in [0.4, 0.5) is 10.8 Å². The molecule has 0 saturated heterocycles. The molecule has 1 atom stereocenters. The summed E-state index contributed by atoms with van der Waals surface area (Å²) in [6.07, 6.45) is 0. The number of rotatable bonds is 6. The Morgan fingerprint density at radius 1 is 0.875 bits per heavy atom. The van der Waals surface area contributed by atoms with Crippen molar-refractivity contribution in [3.05, 3.63) is 145 Å². The molecule has 11 heteroatoms. The van der Waals surface area contributed by atoms with Crippen LogP contribution < -0.4 is 15.2 Å². The molecule has 6 aromatic rings. The zero-order valence-electron chi connectivity index (χ0n) is 26.1. The fourth-order valence-corrected chi connectivity index (χ4v) is 8.70. The maximum atomic E-state index is 15.2. The van der Waals surface area contributed by atoms with E-state index in [1.807, 2.05) is 87.5 Å². The molecular weight excluding hydrogens is 664 g/mol. The third-order valence-electron chi connectivity index (χ3n) is 9.17. The summed E-state index contributed by atoms with van der Waals surface area (Å²) in [5.74, 6) is -0.645. The first kappa shape index (κ1) is 30.6. The third-order valence-corrected chi connectivity index (χ3v) is 11.5. The van der Waals surface area contributed by atoms with Crippen molar-refractivity contribution >= 4 is 68.3 Å². The van der Waals surface area contributed by atoms with Crippen molar-refractivity contribution in [2.45, 2.75) is 42.9 Å². The number of hydrogen-bond donors (Lipinski definition) is 0. The molecule has 0 N–H and O–H groups in total. The topological polar surface area (TPSA) is 96.6 Å². The Morgan fingerprint density at radius 3 is 2.46 bits per heavy atom. The molecule has 0 radical (unpaired) electrons. The molecular formula is C37H27ClN4O4S2. The first-order chi connectivity index (χ1) is 23.2. The van der Waals surface area contributed by atoms with E-state index in [4.69, 9.17) is 16.0 Å². The largest absolute Gasteiger partial charge is 0.450 e. The molecule has 4 heterocycles. The van der Waals surface area contributed by atoms with Crippen molar-refractivity contribution in [3.8, 4) is 0 Å². The number of aromatic nitrogens is 2. The molecule has 8 nitrogen and oxygen atoms in total. The summed E-state index contributed by atoms with van der Waals surface area (Å²) >= 11 is 8.82. The van der Waals surface area contributed by atoms with Gasteiger partial charge in [0.15, 0.2) is 15.3 Å². The Labute approximate surface area is 289 Å². The standard InChI is InChI=1S/C37H27ClN4O4S2/c1-20-9-4-5-11-24(20)18-41-28-14-7-6-13-27(28)37(34(41)45)30-31(43)26-15-21(2)22(3)16-29(26)46-32(30)33(44)42(37)35-39-40-36(48-35)47-19-23-10-8-12-25(38)17-23/h4-17H,18-19H2,1-3H3. The van der Waals surface area contributed by atoms with Crippen LogP contribution in [0.5, 0.6) is 0 Å². The van der Waals surface area contributed by atoms with Gasteiger partial charge in [0.2, 0.25) is 10.9 Å². The van der Waals surface area contributed by atoms with Crippen molar-refractivity contribution in [1.29, 1.82) is 0 Å². The van der Waals surface area contributed by atoms with Crippen molar-refractivity contribution in [3.63, 3.8) is 0 Å². The van der Waals surface area contributed by atoms with Gasteiger partial charge in [0.25, 0.3) is 11.8 Å². The highest BCUT2D eigenvalue weighted by Crippen LogP contribution is 2.55. The zero-order valence-corrected chi connectivity index (χ0v) is 28.5. The maximum absolute atomic E-state index is 15.2. The van der Waals surface area contributed by atoms with Gasteiger partial charge in [0, 0.05) is 16.3 Å². The van der Waals surface area contributed by atoms with Crippen molar-refractivity contribution in [2.75, 3.05) is 9.80 Å². The van der Waals surface area contributed by atoms with Crippen molar-refractivity contribution < 1.29 is 14.0 Å². The van der Waals surface area contributed by atoms with Crippen LogP contribution in [0.25, 0.3) is 11.0 Å². The van der Waals surface area contributed by atoms with Gasteiger partial charge < -0.3 is 9.32 Å². The first-order valence-electron chi connectivity index (χ1n) is 15.3. The van der Waals surface area contributed by atoms with Gasteiger partial charge in [-0.2, -0.15) is 0 Å². The molecule has 0 aliphatic carbocycles. The number of carbonyl (C=O) groups excluding carboxylic acids is 2. The molecule has 1 spiro atoms. The van der Waals surface area contributed by atoms with Gasteiger partial charge in [-0.05, 0) is 78.9 Å². The number of aryl methyl sites for hydroxylation is 3. The van der Waals surface area contributed by atoms with Gasteiger partial charge in [-0.3, -0.25) is 19.3 Å². The second-order valence-electron chi connectivity index (χ2n) is 12.0. The number of fused-ring (bicyclic) bond motifs is 5. The van der Waals surface area contributed by atoms with Crippen LogP contribution in [-0.2, 0) is 22.6 Å². The number of amides is 2. The fourth-order valence-electron chi connectivity index (χ4n) is 6.66. The lowest BCUT2D eigenvalue weighted by molar-refractivity contribution is -0.121. The third kappa shape index (κ3) is 4.54. The van der Waals surface area contributed by atoms with Crippen LogP contribution in [0.2, 0.25) is 5.02 Å². The molecule has 0 bridgehead atoms. The van der Waals surface area contributed by atoms with E-state index < -0.39 is 22.8 Å². The summed E-state index contributed by atoms with van der Waals surface area (Å²) in [5, 5.41) is 9.99. The molecule has 2 aromatic heterocycles. The summed E-state index contributed by atoms with van der Waals surface area (Å²) < 4.78 is 6.90. The Balaban J connectivity index is 1.33. The van der Waals surface area contributed by atoms with Crippen LogP contribution >= 0.6 is 34.7 Å². The normalized spacial score (nSPS) is 16.8. The lowest BCUT2D eigenvalue weighted by atomic mass is 9.84. The fraction of sp³-hybridized carbons (Fsp3) is 0.162. The second kappa shape index (κ2) is 11.4. The number of para-hydroxylation sites is 1. The van der Waals surface area contributed by atoms with Crippen LogP contribution in [0.3, 0.4) is 0 Å². The highest BCUT2D eigenvalue weighted by Gasteiger charge is 2.66. The Hall–Kier alpha value is -4.77. The molecule has 4 aromatic carbocycles.